The van der Waals surface area contributed by atoms with Crippen molar-refractivity contribution in [2.45, 2.75) is 36.2 Å². The number of likely N-dealkylation sites (N-methyl/N-ethyl adjacent to an activating group) is 1. The molecule has 1 aliphatic rings. The smallest absolute Gasteiger partial charge is 0.175 e. The van der Waals surface area contributed by atoms with Crippen molar-refractivity contribution in [2.75, 3.05) is 24.7 Å². The molecule has 0 bridgehead atoms. The second-order valence-corrected chi connectivity index (χ2v) is 7.57. The van der Waals surface area contributed by atoms with Crippen LogP contribution in [0.25, 0.3) is 0 Å². The third-order valence-electron chi connectivity index (χ3n) is 3.77. The highest BCUT2D eigenvalue weighted by Gasteiger charge is 2.32. The quantitative estimate of drug-likeness (QED) is 0.916. The van der Waals surface area contributed by atoms with Crippen LogP contribution in [0.2, 0.25) is 0 Å². The van der Waals surface area contributed by atoms with E-state index < -0.39 is 15.4 Å². The van der Waals surface area contributed by atoms with E-state index >= 15 is 0 Å². The Balaban J connectivity index is 2.09. The number of hydrogen-bond acceptors (Lipinski definition) is 4. The Bertz CT molecular complexity index is 530. The van der Waals surface area contributed by atoms with Crippen molar-refractivity contribution in [3.05, 3.63) is 24.3 Å². The van der Waals surface area contributed by atoms with Gasteiger partial charge in [0.1, 0.15) is 0 Å². The van der Waals surface area contributed by atoms with Crippen molar-refractivity contribution in [2.24, 2.45) is 0 Å². The summed E-state index contributed by atoms with van der Waals surface area (Å²) >= 11 is 0. The number of hydrogen-bond donors (Lipinski definition) is 1. The van der Waals surface area contributed by atoms with Gasteiger partial charge in [-0.3, -0.25) is 0 Å². The van der Waals surface area contributed by atoms with Gasteiger partial charge in [0.25, 0.3) is 0 Å². The Morgan fingerprint density at radius 2 is 1.74 bits per heavy atom. The second-order valence-electron chi connectivity index (χ2n) is 5.55. The van der Waals surface area contributed by atoms with Crippen LogP contribution in [0.3, 0.4) is 0 Å². The molecule has 0 saturated heterocycles. The summed E-state index contributed by atoms with van der Waals surface area (Å²) in [6.45, 7) is 0.589. The molecule has 0 aromatic heterocycles. The predicted molar refractivity (Wildman–Crippen MR) is 76.2 cm³/mol. The molecule has 0 aliphatic heterocycles. The Morgan fingerprint density at radius 3 is 2.21 bits per heavy atom. The summed E-state index contributed by atoms with van der Waals surface area (Å²) in [4.78, 5) is 2.31. The molecule has 0 amide bonds. The van der Waals surface area contributed by atoms with Crippen molar-refractivity contribution < 1.29 is 13.5 Å². The fraction of sp³-hybridized carbons (Fsp3) is 0.571. The zero-order valence-electron chi connectivity index (χ0n) is 11.5. The van der Waals surface area contributed by atoms with Crippen molar-refractivity contribution >= 4 is 15.5 Å². The highest BCUT2D eigenvalue weighted by molar-refractivity contribution is 7.90. The van der Waals surface area contributed by atoms with Gasteiger partial charge in [0.2, 0.25) is 0 Å². The molecule has 0 heterocycles. The molecule has 0 spiro atoms. The van der Waals surface area contributed by atoms with E-state index in [1.54, 1.807) is 24.3 Å². The van der Waals surface area contributed by atoms with Gasteiger partial charge in [0, 0.05) is 25.5 Å². The van der Waals surface area contributed by atoms with Gasteiger partial charge in [-0.15, -0.1) is 0 Å². The molecular formula is C14H21NO3S. The molecule has 1 saturated carbocycles. The van der Waals surface area contributed by atoms with Gasteiger partial charge >= 0.3 is 0 Å². The van der Waals surface area contributed by atoms with E-state index in [-0.39, 0.29) is 0 Å². The number of nitrogens with zero attached hydrogens (tertiary/aromatic N) is 1. The monoisotopic (exact) mass is 283 g/mol. The highest BCUT2D eigenvalue weighted by atomic mass is 32.2. The molecule has 106 valence electrons. The van der Waals surface area contributed by atoms with Gasteiger partial charge in [-0.25, -0.2) is 8.42 Å². The van der Waals surface area contributed by atoms with Gasteiger partial charge in [-0.2, -0.15) is 0 Å². The van der Waals surface area contributed by atoms with Crippen LogP contribution in [-0.2, 0) is 9.84 Å². The fourth-order valence-corrected chi connectivity index (χ4v) is 3.30. The summed E-state index contributed by atoms with van der Waals surface area (Å²) < 4.78 is 22.8. The lowest BCUT2D eigenvalue weighted by Crippen LogP contribution is -2.39. The average molecular weight is 283 g/mol. The Hall–Kier alpha value is -1.07. The minimum Gasteiger partial charge on any atom is -0.388 e. The van der Waals surface area contributed by atoms with E-state index in [1.165, 1.54) is 6.26 Å². The Labute approximate surface area is 115 Å². The van der Waals surface area contributed by atoms with Crippen molar-refractivity contribution in [3.63, 3.8) is 0 Å². The zero-order chi connectivity index (χ0) is 14.1. The normalized spacial score (nSPS) is 18.5. The van der Waals surface area contributed by atoms with Gasteiger partial charge in [0.15, 0.2) is 9.84 Å². The van der Waals surface area contributed by atoms with Gasteiger partial charge in [-0.1, -0.05) is 12.8 Å². The van der Waals surface area contributed by atoms with Gasteiger partial charge in [0.05, 0.1) is 10.5 Å². The number of rotatable bonds is 4. The lowest BCUT2D eigenvalue weighted by atomic mass is 10.0. The molecule has 0 radical (unpaired) electrons. The van der Waals surface area contributed by atoms with Crippen molar-refractivity contribution in [1.29, 1.82) is 0 Å². The number of benzene rings is 1. The van der Waals surface area contributed by atoms with Crippen LogP contribution in [0, 0.1) is 0 Å². The molecule has 2 rings (SSSR count). The lowest BCUT2D eigenvalue weighted by Gasteiger charge is -2.30. The summed E-state index contributed by atoms with van der Waals surface area (Å²) in [7, 11) is -1.23. The molecule has 1 aromatic rings. The number of sulfone groups is 1. The van der Waals surface area contributed by atoms with Crippen molar-refractivity contribution in [1.82, 2.24) is 0 Å². The first-order valence-corrected chi connectivity index (χ1v) is 8.43. The average Bonchev–Trinajstić information content (AvgIpc) is 2.75. The van der Waals surface area contributed by atoms with E-state index in [0.717, 1.165) is 31.4 Å². The van der Waals surface area contributed by atoms with Crippen molar-refractivity contribution in [3.8, 4) is 0 Å². The first kappa shape index (κ1) is 14.3. The third-order valence-corrected chi connectivity index (χ3v) is 4.90. The molecule has 1 N–H and O–H groups in total. The van der Waals surface area contributed by atoms with Gasteiger partial charge < -0.3 is 10.0 Å². The molecular weight excluding hydrogens is 262 g/mol. The maximum atomic E-state index is 11.4. The topological polar surface area (TPSA) is 57.6 Å². The largest absolute Gasteiger partial charge is 0.388 e. The molecule has 4 nitrogen and oxygen atoms in total. The molecule has 0 atom stereocenters. The van der Waals surface area contributed by atoms with E-state index in [0.29, 0.717) is 11.4 Å². The van der Waals surface area contributed by atoms with Crippen LogP contribution in [-0.4, -0.2) is 39.0 Å². The van der Waals surface area contributed by atoms with E-state index in [1.807, 2.05) is 11.9 Å². The van der Waals surface area contributed by atoms with E-state index in [2.05, 4.69) is 0 Å². The Kier molecular flexibility index (Phi) is 3.87. The number of anilines is 1. The maximum absolute atomic E-state index is 11.4. The first-order chi connectivity index (χ1) is 8.80. The standard InChI is InChI=1S/C14H21NO3S/c1-15(11-14(16)9-3-4-10-14)12-5-7-13(8-6-12)19(2,17)18/h5-8,16H,3-4,9-11H2,1-2H3. The maximum Gasteiger partial charge on any atom is 0.175 e. The van der Waals surface area contributed by atoms with Crippen LogP contribution in [0.1, 0.15) is 25.7 Å². The molecule has 1 aliphatic carbocycles. The predicted octanol–water partition coefficient (Wildman–Crippen LogP) is 1.83. The van der Waals surface area contributed by atoms with E-state index in [9.17, 15) is 13.5 Å². The molecule has 19 heavy (non-hydrogen) atoms. The summed E-state index contributed by atoms with van der Waals surface area (Å²) in [6.07, 6.45) is 5.05. The third kappa shape index (κ3) is 3.48. The van der Waals surface area contributed by atoms with Gasteiger partial charge in [-0.05, 0) is 37.1 Å². The highest BCUT2D eigenvalue weighted by Crippen LogP contribution is 2.31. The van der Waals surface area contributed by atoms with Crippen LogP contribution < -0.4 is 4.90 Å². The minimum atomic E-state index is -3.15. The second kappa shape index (κ2) is 5.13. The number of aliphatic hydroxyl groups is 1. The first-order valence-electron chi connectivity index (χ1n) is 6.54. The Morgan fingerprint density at radius 1 is 1.21 bits per heavy atom. The SMILES string of the molecule is CN(CC1(O)CCCC1)c1ccc(S(C)(=O)=O)cc1. The van der Waals surface area contributed by atoms with E-state index in [4.69, 9.17) is 0 Å². The van der Waals surface area contributed by atoms with Crippen LogP contribution >= 0.6 is 0 Å². The molecule has 1 aromatic carbocycles. The van der Waals surface area contributed by atoms with Crippen LogP contribution in [0.15, 0.2) is 29.2 Å². The summed E-state index contributed by atoms with van der Waals surface area (Å²) in [6, 6.07) is 6.79. The molecule has 0 unspecified atom stereocenters. The fourth-order valence-electron chi connectivity index (χ4n) is 2.67. The summed E-state index contributed by atoms with van der Waals surface area (Å²) in [5.74, 6) is 0. The molecule has 5 heteroatoms. The lowest BCUT2D eigenvalue weighted by molar-refractivity contribution is 0.0559. The summed E-state index contributed by atoms with van der Waals surface area (Å²) in [5, 5.41) is 10.4. The molecule has 1 fully saturated rings. The van der Waals surface area contributed by atoms with Crippen LogP contribution in [0.4, 0.5) is 5.69 Å². The zero-order valence-corrected chi connectivity index (χ0v) is 12.3. The van der Waals surface area contributed by atoms with Crippen LogP contribution in [0.5, 0.6) is 0 Å². The minimum absolute atomic E-state index is 0.323. The summed E-state index contributed by atoms with van der Waals surface area (Å²) in [5.41, 5.74) is 0.331.